The van der Waals surface area contributed by atoms with E-state index in [-0.39, 0.29) is 5.91 Å². The second kappa shape index (κ2) is 5.67. The lowest BCUT2D eigenvalue weighted by molar-refractivity contribution is 0.0995. The number of amides is 2. The fraction of sp³-hybridized carbons (Fsp3) is 0. The first-order valence-corrected chi connectivity index (χ1v) is 6.33. The molecule has 96 valence electrons. The van der Waals surface area contributed by atoms with Crippen molar-refractivity contribution in [3.63, 3.8) is 0 Å². The van der Waals surface area contributed by atoms with Gasteiger partial charge in [0, 0.05) is 15.6 Å². The number of anilines is 1. The Bertz CT molecular complexity index is 624. The van der Waals surface area contributed by atoms with E-state index in [1.165, 1.54) is 12.1 Å². The maximum Gasteiger partial charge on any atom is 0.255 e. The van der Waals surface area contributed by atoms with E-state index in [1.54, 1.807) is 18.2 Å². The molecule has 0 saturated heterocycles. The summed E-state index contributed by atoms with van der Waals surface area (Å²) in [5.41, 5.74) is 6.66. The highest BCUT2D eigenvalue weighted by atomic mass is 79.9. The molecule has 0 fully saturated rings. The minimum Gasteiger partial charge on any atom is -0.366 e. The van der Waals surface area contributed by atoms with Gasteiger partial charge in [0.05, 0.1) is 5.69 Å². The minimum atomic E-state index is -0.516. The van der Waals surface area contributed by atoms with Crippen LogP contribution in [0.25, 0.3) is 0 Å². The molecule has 0 bridgehead atoms. The summed E-state index contributed by atoms with van der Waals surface area (Å²) in [7, 11) is 0. The summed E-state index contributed by atoms with van der Waals surface area (Å²) in [6.45, 7) is 0. The van der Waals surface area contributed by atoms with Crippen LogP contribution in [0.4, 0.5) is 5.69 Å². The van der Waals surface area contributed by atoms with Gasteiger partial charge in [0.15, 0.2) is 0 Å². The first-order chi connectivity index (χ1) is 9.08. The lowest BCUT2D eigenvalue weighted by atomic mass is 10.1. The van der Waals surface area contributed by atoms with E-state index >= 15 is 0 Å². The average Bonchev–Trinajstić information content (AvgIpc) is 2.41. The van der Waals surface area contributed by atoms with Crippen LogP contribution in [0.3, 0.4) is 0 Å². The average molecular weight is 319 g/mol. The van der Waals surface area contributed by atoms with Crippen LogP contribution in [-0.4, -0.2) is 11.8 Å². The van der Waals surface area contributed by atoms with Crippen molar-refractivity contribution in [2.24, 2.45) is 5.73 Å². The summed E-state index contributed by atoms with van der Waals surface area (Å²) >= 11 is 3.35. The van der Waals surface area contributed by atoms with E-state index in [0.29, 0.717) is 16.8 Å². The number of benzene rings is 2. The number of primary amides is 1. The molecule has 5 heteroatoms. The molecule has 0 unspecified atom stereocenters. The van der Waals surface area contributed by atoms with Crippen LogP contribution < -0.4 is 11.1 Å². The van der Waals surface area contributed by atoms with Gasteiger partial charge in [-0.1, -0.05) is 12.1 Å². The molecule has 0 aliphatic rings. The molecule has 2 aromatic carbocycles. The molecule has 3 N–H and O–H groups in total. The second-order valence-corrected chi connectivity index (χ2v) is 4.73. The highest BCUT2D eigenvalue weighted by Crippen LogP contribution is 2.21. The molecule has 0 radical (unpaired) electrons. The molecule has 0 spiro atoms. The number of nitrogens with one attached hydrogen (secondary N) is 1. The summed E-state index contributed by atoms with van der Waals surface area (Å²) < 4.78 is 0.803. The van der Waals surface area contributed by atoms with Gasteiger partial charge in [-0.2, -0.15) is 0 Å². The Morgan fingerprint density at radius 3 is 2.11 bits per heavy atom. The Morgan fingerprint density at radius 2 is 1.53 bits per heavy atom. The standard InChI is InChI=1S/C14H11BrN2O2/c15-11-3-1-2-4-12(11)17-14(19)10-7-5-9(6-8-10)13(16)18/h1-8H,(H2,16,18)(H,17,19). The molecule has 0 atom stereocenters. The van der Waals surface area contributed by atoms with Crippen LogP contribution >= 0.6 is 15.9 Å². The molecule has 0 aliphatic carbocycles. The predicted octanol–water partition coefficient (Wildman–Crippen LogP) is 2.80. The van der Waals surface area contributed by atoms with Crippen LogP contribution in [0.5, 0.6) is 0 Å². The minimum absolute atomic E-state index is 0.247. The molecular formula is C14H11BrN2O2. The van der Waals surface area contributed by atoms with Crippen molar-refractivity contribution in [2.45, 2.75) is 0 Å². The van der Waals surface area contributed by atoms with Gasteiger partial charge < -0.3 is 11.1 Å². The van der Waals surface area contributed by atoms with Gasteiger partial charge in [0.1, 0.15) is 0 Å². The largest absolute Gasteiger partial charge is 0.366 e. The summed E-state index contributed by atoms with van der Waals surface area (Å²) in [5, 5.41) is 2.77. The molecule has 0 aromatic heterocycles. The van der Waals surface area contributed by atoms with E-state index in [9.17, 15) is 9.59 Å². The molecule has 0 saturated carbocycles. The lowest BCUT2D eigenvalue weighted by Crippen LogP contribution is -2.14. The Kier molecular flexibility index (Phi) is 3.97. The van der Waals surface area contributed by atoms with Crippen molar-refractivity contribution in [1.82, 2.24) is 0 Å². The third kappa shape index (κ3) is 3.20. The Hall–Kier alpha value is -2.14. The van der Waals surface area contributed by atoms with Crippen LogP contribution in [-0.2, 0) is 0 Å². The van der Waals surface area contributed by atoms with Crippen LogP contribution in [0.15, 0.2) is 53.0 Å². The zero-order valence-corrected chi connectivity index (χ0v) is 11.5. The van der Waals surface area contributed by atoms with Gasteiger partial charge in [-0.3, -0.25) is 9.59 Å². The first-order valence-electron chi connectivity index (χ1n) is 5.53. The lowest BCUT2D eigenvalue weighted by Gasteiger charge is -2.07. The molecular weight excluding hydrogens is 308 g/mol. The summed E-state index contributed by atoms with van der Waals surface area (Å²) in [6.07, 6.45) is 0. The van der Waals surface area contributed by atoms with E-state index in [2.05, 4.69) is 21.2 Å². The zero-order chi connectivity index (χ0) is 13.8. The van der Waals surface area contributed by atoms with Crippen molar-refractivity contribution in [3.05, 3.63) is 64.1 Å². The maximum atomic E-state index is 12.0. The van der Waals surface area contributed by atoms with Gasteiger partial charge >= 0.3 is 0 Å². The van der Waals surface area contributed by atoms with Crippen molar-refractivity contribution in [1.29, 1.82) is 0 Å². The summed E-state index contributed by atoms with van der Waals surface area (Å²) in [6, 6.07) is 13.5. The number of para-hydroxylation sites is 1. The quantitative estimate of drug-likeness (QED) is 0.913. The Morgan fingerprint density at radius 1 is 0.947 bits per heavy atom. The predicted molar refractivity (Wildman–Crippen MR) is 77.1 cm³/mol. The molecule has 2 rings (SSSR count). The number of halogens is 1. The highest BCUT2D eigenvalue weighted by molar-refractivity contribution is 9.10. The van der Waals surface area contributed by atoms with Gasteiger partial charge in [-0.25, -0.2) is 0 Å². The first kappa shape index (κ1) is 13.3. The van der Waals surface area contributed by atoms with Gasteiger partial charge in [-0.15, -0.1) is 0 Å². The summed E-state index contributed by atoms with van der Waals surface area (Å²) in [5.74, 6) is -0.763. The van der Waals surface area contributed by atoms with E-state index in [4.69, 9.17) is 5.73 Å². The molecule has 2 amide bonds. The van der Waals surface area contributed by atoms with Gasteiger partial charge in [0.25, 0.3) is 5.91 Å². The Labute approximate surface area is 118 Å². The third-order valence-corrected chi connectivity index (χ3v) is 3.25. The smallest absolute Gasteiger partial charge is 0.255 e. The monoisotopic (exact) mass is 318 g/mol. The fourth-order valence-corrected chi connectivity index (χ4v) is 1.93. The van der Waals surface area contributed by atoms with Crippen molar-refractivity contribution in [3.8, 4) is 0 Å². The zero-order valence-electron chi connectivity index (χ0n) is 9.89. The van der Waals surface area contributed by atoms with Crippen LogP contribution in [0, 0.1) is 0 Å². The fourth-order valence-electron chi connectivity index (χ4n) is 1.54. The SMILES string of the molecule is NC(=O)c1ccc(C(=O)Nc2ccccc2Br)cc1. The number of hydrogen-bond acceptors (Lipinski definition) is 2. The Balaban J connectivity index is 2.16. The number of carbonyl (C=O) groups is 2. The van der Waals surface area contributed by atoms with Gasteiger partial charge in [0.2, 0.25) is 5.91 Å². The molecule has 0 aliphatic heterocycles. The highest BCUT2D eigenvalue weighted by Gasteiger charge is 2.08. The van der Waals surface area contributed by atoms with E-state index in [0.717, 1.165) is 4.47 Å². The number of carbonyl (C=O) groups excluding carboxylic acids is 2. The maximum absolute atomic E-state index is 12.0. The number of hydrogen-bond donors (Lipinski definition) is 2. The van der Waals surface area contributed by atoms with Crippen molar-refractivity contribution < 1.29 is 9.59 Å². The number of rotatable bonds is 3. The number of nitrogens with two attached hydrogens (primary N) is 1. The van der Waals surface area contributed by atoms with Crippen LogP contribution in [0.1, 0.15) is 20.7 Å². The molecule has 0 heterocycles. The van der Waals surface area contributed by atoms with Gasteiger partial charge in [-0.05, 0) is 52.3 Å². The van der Waals surface area contributed by atoms with E-state index in [1.807, 2.05) is 18.2 Å². The normalized spacial score (nSPS) is 9.95. The molecule has 4 nitrogen and oxygen atoms in total. The summed E-state index contributed by atoms with van der Waals surface area (Å²) in [4.78, 5) is 22.9. The topological polar surface area (TPSA) is 72.2 Å². The molecule has 19 heavy (non-hydrogen) atoms. The molecule has 2 aromatic rings. The van der Waals surface area contributed by atoms with Crippen molar-refractivity contribution >= 4 is 33.4 Å². The van der Waals surface area contributed by atoms with Crippen LogP contribution in [0.2, 0.25) is 0 Å². The van der Waals surface area contributed by atoms with Crippen molar-refractivity contribution in [2.75, 3.05) is 5.32 Å². The van der Waals surface area contributed by atoms with E-state index < -0.39 is 5.91 Å². The third-order valence-electron chi connectivity index (χ3n) is 2.55. The second-order valence-electron chi connectivity index (χ2n) is 3.88.